The lowest BCUT2D eigenvalue weighted by atomic mass is 10.0. The summed E-state index contributed by atoms with van der Waals surface area (Å²) in [4.78, 5) is 34.9. The number of esters is 2. The van der Waals surface area contributed by atoms with Gasteiger partial charge in [-0.05, 0) is 64.2 Å². The van der Waals surface area contributed by atoms with Gasteiger partial charge in [-0.2, -0.15) is 0 Å². The Hall–Kier alpha value is -2.55. The number of phosphoric acid groups is 1. The number of phosphoric ester groups is 1. The number of carbonyl (C=O) groups is 2. The summed E-state index contributed by atoms with van der Waals surface area (Å²) in [6.07, 6.45) is 55.1. The molecule has 340 valence electrons. The number of carbonyl (C=O) groups excluding carboxylic acids is 2. The van der Waals surface area contributed by atoms with Gasteiger partial charge in [0.05, 0.1) is 13.2 Å². The summed E-state index contributed by atoms with van der Waals surface area (Å²) < 4.78 is 32.8. The number of rotatable bonds is 43. The van der Waals surface area contributed by atoms with Crippen LogP contribution in [0.1, 0.15) is 194 Å². The van der Waals surface area contributed by atoms with Gasteiger partial charge in [0.2, 0.25) is 0 Å². The molecule has 9 nitrogen and oxygen atoms in total. The second-order valence-electron chi connectivity index (χ2n) is 15.2. The fraction of sp³-hybridized carbons (Fsp3) is 0.714. The highest BCUT2D eigenvalue weighted by atomic mass is 31.2. The quantitative estimate of drug-likeness (QED) is 0.0266. The van der Waals surface area contributed by atoms with Crippen LogP contribution in [0.4, 0.5) is 0 Å². The molecule has 0 aromatic rings. The van der Waals surface area contributed by atoms with E-state index in [1.54, 1.807) is 0 Å². The summed E-state index contributed by atoms with van der Waals surface area (Å²) in [6.45, 7) is 3.58. The first kappa shape index (κ1) is 56.5. The molecule has 0 saturated heterocycles. The van der Waals surface area contributed by atoms with Crippen LogP contribution in [0.25, 0.3) is 0 Å². The third kappa shape index (κ3) is 44.8. The highest BCUT2D eigenvalue weighted by Gasteiger charge is 2.26. The van der Waals surface area contributed by atoms with Crippen LogP contribution >= 0.6 is 7.82 Å². The van der Waals surface area contributed by atoms with Gasteiger partial charge in [0.25, 0.3) is 0 Å². The van der Waals surface area contributed by atoms with E-state index in [9.17, 15) is 19.0 Å². The molecule has 2 unspecified atom stereocenters. The number of unbranched alkanes of at least 4 members (excludes halogenated alkanes) is 18. The number of hydrogen-bond acceptors (Lipinski definition) is 8. The van der Waals surface area contributed by atoms with Crippen molar-refractivity contribution in [1.29, 1.82) is 0 Å². The van der Waals surface area contributed by atoms with Gasteiger partial charge < -0.3 is 20.1 Å². The zero-order valence-corrected chi connectivity index (χ0v) is 38.4. The van der Waals surface area contributed by atoms with Crippen LogP contribution in [0.3, 0.4) is 0 Å². The molecule has 0 aliphatic rings. The molecule has 0 heterocycles. The van der Waals surface area contributed by atoms with Crippen molar-refractivity contribution in [3.8, 4) is 0 Å². The molecular formula is C49H86NO8P. The normalized spacial score (nSPS) is 13.9. The Morgan fingerprint density at radius 3 is 1.39 bits per heavy atom. The minimum Gasteiger partial charge on any atom is -0.462 e. The fourth-order valence-corrected chi connectivity index (χ4v) is 6.93. The zero-order chi connectivity index (χ0) is 43.2. The van der Waals surface area contributed by atoms with Crippen molar-refractivity contribution in [2.45, 2.75) is 200 Å². The second-order valence-corrected chi connectivity index (χ2v) is 16.7. The number of hydrogen-bond donors (Lipinski definition) is 2. The smallest absolute Gasteiger partial charge is 0.462 e. The molecule has 0 aromatic heterocycles. The Balaban J connectivity index is 4.20. The predicted molar refractivity (Wildman–Crippen MR) is 247 cm³/mol. The first-order chi connectivity index (χ1) is 28.8. The summed E-state index contributed by atoms with van der Waals surface area (Å²) in [5, 5.41) is 0. The van der Waals surface area contributed by atoms with Crippen LogP contribution in [-0.2, 0) is 32.7 Å². The summed E-state index contributed by atoms with van der Waals surface area (Å²) in [5.41, 5.74) is 5.35. The van der Waals surface area contributed by atoms with Gasteiger partial charge >= 0.3 is 19.8 Å². The predicted octanol–water partition coefficient (Wildman–Crippen LogP) is 13.8. The lowest BCUT2D eigenvalue weighted by Gasteiger charge is -2.19. The van der Waals surface area contributed by atoms with Crippen LogP contribution in [0.5, 0.6) is 0 Å². The summed E-state index contributed by atoms with van der Waals surface area (Å²) in [5.74, 6) is -0.879. The standard InChI is InChI=1S/C49H86NO8P/c1-3-5-7-9-11-13-15-17-19-21-22-23-24-26-28-30-32-34-36-38-40-42-49(52)58-47(46-57-59(53,54)56-44-43-50)45-55-48(51)41-39-37-35-33-31-29-27-25-20-18-16-14-12-10-8-6-4-2/h5,7,11,13,17,19,22-23,26,28,32,34,47H,3-4,6,8-10,12,14-16,18,20-21,24-25,27,29-31,33,35-46,50H2,1-2H3,(H,53,54)/b7-5-,13-11-,19-17-,23-22-,28-26-,34-32-. The molecule has 0 fully saturated rings. The van der Waals surface area contributed by atoms with Crippen molar-refractivity contribution in [3.05, 3.63) is 72.9 Å². The SMILES string of the molecule is CC/C=C\C/C=C\C/C=C\C/C=C\C/C=C\C/C=C\CCCCC(=O)OC(COC(=O)CCCCCCCCCCCCCCCCCCC)COP(=O)(O)OCCN. The Labute approximate surface area is 361 Å². The maximum absolute atomic E-state index is 12.6. The zero-order valence-electron chi connectivity index (χ0n) is 37.5. The summed E-state index contributed by atoms with van der Waals surface area (Å²) >= 11 is 0. The summed E-state index contributed by atoms with van der Waals surface area (Å²) in [6, 6.07) is 0. The largest absolute Gasteiger partial charge is 0.472 e. The molecule has 0 aromatic carbocycles. The number of ether oxygens (including phenoxy) is 2. The molecule has 0 spiro atoms. The molecule has 0 amide bonds. The summed E-state index contributed by atoms with van der Waals surface area (Å²) in [7, 11) is -4.39. The van der Waals surface area contributed by atoms with Crippen molar-refractivity contribution < 1.29 is 37.6 Å². The van der Waals surface area contributed by atoms with Gasteiger partial charge in [-0.15, -0.1) is 0 Å². The second kappa shape index (κ2) is 45.0. The topological polar surface area (TPSA) is 134 Å². The Morgan fingerprint density at radius 2 is 0.932 bits per heavy atom. The van der Waals surface area contributed by atoms with Crippen molar-refractivity contribution in [2.24, 2.45) is 5.73 Å². The van der Waals surface area contributed by atoms with E-state index in [-0.39, 0.29) is 32.6 Å². The van der Waals surface area contributed by atoms with Gasteiger partial charge in [-0.25, -0.2) is 4.57 Å². The Kier molecular flexibility index (Phi) is 43.0. The first-order valence-electron chi connectivity index (χ1n) is 23.4. The molecule has 59 heavy (non-hydrogen) atoms. The molecule has 0 aliphatic heterocycles. The van der Waals surface area contributed by atoms with Gasteiger partial charge in [0.1, 0.15) is 6.61 Å². The molecule has 0 radical (unpaired) electrons. The highest BCUT2D eigenvalue weighted by molar-refractivity contribution is 7.47. The van der Waals surface area contributed by atoms with E-state index in [1.165, 1.54) is 89.9 Å². The van der Waals surface area contributed by atoms with Crippen molar-refractivity contribution in [1.82, 2.24) is 0 Å². The highest BCUT2D eigenvalue weighted by Crippen LogP contribution is 2.43. The van der Waals surface area contributed by atoms with Crippen molar-refractivity contribution in [3.63, 3.8) is 0 Å². The lowest BCUT2D eigenvalue weighted by molar-refractivity contribution is -0.161. The van der Waals surface area contributed by atoms with Crippen LogP contribution in [0.15, 0.2) is 72.9 Å². The molecular weight excluding hydrogens is 762 g/mol. The third-order valence-corrected chi connectivity index (χ3v) is 10.6. The minimum absolute atomic E-state index is 0.0436. The molecule has 0 aliphatic carbocycles. The Morgan fingerprint density at radius 1 is 0.525 bits per heavy atom. The molecule has 2 atom stereocenters. The average Bonchev–Trinajstić information content (AvgIpc) is 3.22. The van der Waals surface area contributed by atoms with E-state index in [1.807, 2.05) is 0 Å². The molecule has 0 saturated carbocycles. The number of nitrogens with two attached hydrogens (primary N) is 1. The van der Waals surface area contributed by atoms with E-state index in [4.69, 9.17) is 24.3 Å². The molecule has 0 rings (SSSR count). The first-order valence-corrected chi connectivity index (χ1v) is 24.9. The monoisotopic (exact) mass is 848 g/mol. The molecule has 3 N–H and O–H groups in total. The van der Waals surface area contributed by atoms with E-state index >= 15 is 0 Å². The maximum Gasteiger partial charge on any atom is 0.472 e. The van der Waals surface area contributed by atoms with E-state index in [2.05, 4.69) is 86.8 Å². The van der Waals surface area contributed by atoms with Crippen LogP contribution in [0.2, 0.25) is 0 Å². The van der Waals surface area contributed by atoms with Gasteiger partial charge in [-0.3, -0.25) is 18.6 Å². The van der Waals surface area contributed by atoms with Gasteiger partial charge in [0.15, 0.2) is 6.10 Å². The van der Waals surface area contributed by atoms with Crippen LogP contribution in [0, 0.1) is 0 Å². The average molecular weight is 848 g/mol. The van der Waals surface area contributed by atoms with E-state index < -0.39 is 32.5 Å². The minimum atomic E-state index is -4.39. The van der Waals surface area contributed by atoms with Gasteiger partial charge in [-0.1, -0.05) is 189 Å². The number of allylic oxidation sites excluding steroid dienone is 12. The van der Waals surface area contributed by atoms with E-state index in [0.717, 1.165) is 70.6 Å². The van der Waals surface area contributed by atoms with Crippen LogP contribution < -0.4 is 5.73 Å². The van der Waals surface area contributed by atoms with Crippen molar-refractivity contribution in [2.75, 3.05) is 26.4 Å². The van der Waals surface area contributed by atoms with Gasteiger partial charge in [0, 0.05) is 19.4 Å². The molecule has 10 heteroatoms. The van der Waals surface area contributed by atoms with Crippen molar-refractivity contribution >= 4 is 19.8 Å². The molecule has 0 bridgehead atoms. The van der Waals surface area contributed by atoms with Crippen LogP contribution in [-0.4, -0.2) is 49.3 Å². The Bertz CT molecular complexity index is 1190. The lowest BCUT2D eigenvalue weighted by Crippen LogP contribution is -2.29. The third-order valence-electron chi connectivity index (χ3n) is 9.61. The maximum atomic E-state index is 12.6. The van der Waals surface area contributed by atoms with E-state index in [0.29, 0.717) is 6.42 Å². The fourth-order valence-electron chi connectivity index (χ4n) is 6.17.